The van der Waals surface area contributed by atoms with Crippen LogP contribution in [0.15, 0.2) is 54.6 Å². The van der Waals surface area contributed by atoms with Gasteiger partial charge in [-0.05, 0) is 59.7 Å². The van der Waals surface area contributed by atoms with Crippen molar-refractivity contribution in [1.82, 2.24) is 0 Å². The van der Waals surface area contributed by atoms with Crippen molar-refractivity contribution in [3.05, 3.63) is 77.1 Å². The van der Waals surface area contributed by atoms with Crippen LogP contribution in [0.25, 0.3) is 0 Å². The third kappa shape index (κ3) is 3.48. The van der Waals surface area contributed by atoms with Crippen molar-refractivity contribution >= 4 is 11.7 Å². The van der Waals surface area contributed by atoms with E-state index in [2.05, 4.69) is 17.5 Å². The van der Waals surface area contributed by atoms with E-state index in [0.717, 1.165) is 23.2 Å². The summed E-state index contributed by atoms with van der Waals surface area (Å²) in [6.45, 7) is 4.47. The van der Waals surface area contributed by atoms with Crippen LogP contribution in [-0.2, 0) is 4.74 Å². The number of hydrogen-bond acceptors (Lipinski definition) is 3. The van der Waals surface area contributed by atoms with Crippen molar-refractivity contribution in [2.45, 2.75) is 32.2 Å². The van der Waals surface area contributed by atoms with Crippen LogP contribution in [-0.4, -0.2) is 12.6 Å². The molecule has 0 spiro atoms. The number of nitrogens with one attached hydrogen (secondary N) is 1. The topological polar surface area (TPSA) is 38.3 Å². The zero-order chi connectivity index (χ0) is 19.0. The van der Waals surface area contributed by atoms with E-state index in [1.165, 1.54) is 12.1 Å². The monoisotopic (exact) mass is 365 g/mol. The van der Waals surface area contributed by atoms with Crippen LogP contribution in [0.4, 0.5) is 10.1 Å². The van der Waals surface area contributed by atoms with Crippen LogP contribution in [0.2, 0.25) is 0 Å². The SMILES string of the molecule is CC(C)COC(=O)c1ccc2c(c1)[C@H]1C=CC[C@@H]1[C@H](c1ccc(F)cc1)N2. The van der Waals surface area contributed by atoms with Gasteiger partial charge in [0.2, 0.25) is 0 Å². The molecule has 140 valence electrons. The first-order chi connectivity index (χ1) is 13.0. The standard InChI is InChI=1S/C23H24FNO2/c1-14(2)13-27-23(26)16-8-11-21-20(12-16)18-4-3-5-19(18)22(25-21)15-6-9-17(24)10-7-15/h3-4,6-12,14,18-19,22,25H,5,13H2,1-2H3/t18-,19-,22-/m0/s1. The molecule has 2 aromatic carbocycles. The Morgan fingerprint density at radius 3 is 2.74 bits per heavy atom. The highest BCUT2D eigenvalue weighted by Crippen LogP contribution is 2.49. The molecule has 27 heavy (non-hydrogen) atoms. The quantitative estimate of drug-likeness (QED) is 0.577. The van der Waals surface area contributed by atoms with Gasteiger partial charge in [0, 0.05) is 11.6 Å². The first kappa shape index (κ1) is 17.8. The average Bonchev–Trinajstić information content (AvgIpc) is 3.16. The molecule has 1 N–H and O–H groups in total. The molecular weight excluding hydrogens is 341 g/mol. The number of allylic oxidation sites excluding steroid dienone is 2. The lowest BCUT2D eigenvalue weighted by Crippen LogP contribution is -2.29. The molecule has 0 fully saturated rings. The Morgan fingerprint density at radius 2 is 2.00 bits per heavy atom. The van der Waals surface area contributed by atoms with Crippen LogP contribution < -0.4 is 5.32 Å². The second kappa shape index (κ2) is 7.18. The largest absolute Gasteiger partial charge is 0.462 e. The predicted molar refractivity (Wildman–Crippen MR) is 104 cm³/mol. The predicted octanol–water partition coefficient (Wildman–Crippen LogP) is 5.47. The molecule has 0 bridgehead atoms. The average molecular weight is 365 g/mol. The molecule has 2 aliphatic rings. The maximum Gasteiger partial charge on any atom is 0.338 e. The molecule has 0 radical (unpaired) electrons. The van der Waals surface area contributed by atoms with E-state index in [4.69, 9.17) is 4.74 Å². The molecule has 0 unspecified atom stereocenters. The minimum Gasteiger partial charge on any atom is -0.462 e. The van der Waals surface area contributed by atoms with Crippen molar-refractivity contribution in [3.63, 3.8) is 0 Å². The Balaban J connectivity index is 1.63. The second-order valence-corrected chi connectivity index (χ2v) is 7.82. The van der Waals surface area contributed by atoms with E-state index in [9.17, 15) is 9.18 Å². The van der Waals surface area contributed by atoms with Crippen LogP contribution in [0.5, 0.6) is 0 Å². The molecule has 1 aliphatic carbocycles. The number of esters is 1. The van der Waals surface area contributed by atoms with Gasteiger partial charge in [-0.3, -0.25) is 0 Å². The van der Waals surface area contributed by atoms with E-state index < -0.39 is 0 Å². The Hall–Kier alpha value is -2.62. The summed E-state index contributed by atoms with van der Waals surface area (Å²) in [4.78, 5) is 12.3. The number of fused-ring (bicyclic) bond motifs is 3. The molecule has 0 aromatic heterocycles. The van der Waals surface area contributed by atoms with Gasteiger partial charge in [0.05, 0.1) is 18.2 Å². The van der Waals surface area contributed by atoms with E-state index in [1.54, 1.807) is 0 Å². The fourth-order valence-corrected chi connectivity index (χ4v) is 4.05. The van der Waals surface area contributed by atoms with Gasteiger partial charge in [-0.1, -0.05) is 38.1 Å². The van der Waals surface area contributed by atoms with Gasteiger partial charge in [0.25, 0.3) is 0 Å². The number of carbonyl (C=O) groups is 1. The summed E-state index contributed by atoms with van der Waals surface area (Å²) in [5, 5.41) is 3.61. The molecule has 2 aromatic rings. The highest BCUT2D eigenvalue weighted by Gasteiger charge is 2.38. The second-order valence-electron chi connectivity index (χ2n) is 7.82. The lowest BCUT2D eigenvalue weighted by molar-refractivity contribution is 0.0459. The molecule has 1 aliphatic heterocycles. The van der Waals surface area contributed by atoms with Crippen molar-refractivity contribution in [2.75, 3.05) is 11.9 Å². The third-order valence-electron chi connectivity index (χ3n) is 5.38. The van der Waals surface area contributed by atoms with Gasteiger partial charge >= 0.3 is 5.97 Å². The van der Waals surface area contributed by atoms with Crippen LogP contribution >= 0.6 is 0 Å². The molecule has 3 nitrogen and oxygen atoms in total. The van der Waals surface area contributed by atoms with Crippen LogP contribution in [0.1, 0.15) is 53.7 Å². The highest BCUT2D eigenvalue weighted by molar-refractivity contribution is 5.90. The zero-order valence-corrected chi connectivity index (χ0v) is 15.6. The molecule has 4 rings (SSSR count). The molecule has 0 saturated carbocycles. The van der Waals surface area contributed by atoms with Crippen LogP contribution in [0.3, 0.4) is 0 Å². The summed E-state index contributed by atoms with van der Waals surface area (Å²) in [5.74, 6) is 0.414. The van der Waals surface area contributed by atoms with Gasteiger partial charge in [-0.2, -0.15) is 0 Å². The summed E-state index contributed by atoms with van der Waals surface area (Å²) in [6.07, 6.45) is 5.39. The summed E-state index contributed by atoms with van der Waals surface area (Å²) in [5.41, 5.74) is 3.83. The minimum absolute atomic E-state index is 0.122. The van der Waals surface area contributed by atoms with Gasteiger partial charge in [0.1, 0.15) is 5.82 Å². The number of rotatable bonds is 4. The number of anilines is 1. The molecular formula is C23H24FNO2. The Kier molecular flexibility index (Phi) is 4.73. The van der Waals surface area contributed by atoms with Gasteiger partial charge in [0.15, 0.2) is 0 Å². The Morgan fingerprint density at radius 1 is 1.22 bits per heavy atom. The fourth-order valence-electron chi connectivity index (χ4n) is 4.05. The maximum atomic E-state index is 13.3. The smallest absolute Gasteiger partial charge is 0.338 e. The van der Waals surface area contributed by atoms with E-state index in [1.807, 2.05) is 44.2 Å². The fraction of sp³-hybridized carbons (Fsp3) is 0.348. The van der Waals surface area contributed by atoms with Crippen molar-refractivity contribution in [1.29, 1.82) is 0 Å². The van der Waals surface area contributed by atoms with E-state index in [-0.39, 0.29) is 23.7 Å². The lowest BCUT2D eigenvalue weighted by atomic mass is 9.76. The molecule has 0 amide bonds. The summed E-state index contributed by atoms with van der Waals surface area (Å²) >= 11 is 0. The maximum absolute atomic E-state index is 13.3. The lowest BCUT2D eigenvalue weighted by Gasteiger charge is -2.37. The summed E-state index contributed by atoms with van der Waals surface area (Å²) in [6, 6.07) is 12.6. The first-order valence-corrected chi connectivity index (χ1v) is 9.52. The van der Waals surface area contributed by atoms with E-state index in [0.29, 0.717) is 24.0 Å². The van der Waals surface area contributed by atoms with Gasteiger partial charge < -0.3 is 10.1 Å². The van der Waals surface area contributed by atoms with Crippen LogP contribution in [0, 0.1) is 17.7 Å². The molecule has 3 atom stereocenters. The third-order valence-corrected chi connectivity index (χ3v) is 5.38. The summed E-state index contributed by atoms with van der Waals surface area (Å²) in [7, 11) is 0. The van der Waals surface area contributed by atoms with Crippen molar-refractivity contribution in [3.8, 4) is 0 Å². The number of hydrogen-bond donors (Lipinski definition) is 1. The normalized spacial score (nSPS) is 22.9. The number of ether oxygens (including phenoxy) is 1. The van der Waals surface area contributed by atoms with E-state index >= 15 is 0 Å². The van der Waals surface area contributed by atoms with Crippen molar-refractivity contribution < 1.29 is 13.9 Å². The van der Waals surface area contributed by atoms with Crippen molar-refractivity contribution in [2.24, 2.45) is 11.8 Å². The number of carbonyl (C=O) groups excluding carboxylic acids is 1. The Bertz CT molecular complexity index is 872. The number of benzene rings is 2. The Labute approximate surface area is 159 Å². The molecule has 4 heteroatoms. The summed E-state index contributed by atoms with van der Waals surface area (Å²) < 4.78 is 18.7. The zero-order valence-electron chi connectivity index (χ0n) is 15.6. The minimum atomic E-state index is -0.273. The first-order valence-electron chi connectivity index (χ1n) is 9.52. The van der Waals surface area contributed by atoms with Gasteiger partial charge in [-0.25, -0.2) is 9.18 Å². The molecule has 1 heterocycles. The number of halogens is 1. The highest BCUT2D eigenvalue weighted by atomic mass is 19.1. The van der Waals surface area contributed by atoms with Gasteiger partial charge in [-0.15, -0.1) is 0 Å². The molecule has 0 saturated heterocycles.